The first-order valence-corrected chi connectivity index (χ1v) is 5.86. The molecule has 0 heterocycles. The maximum Gasteiger partial charge on any atom is 0.362 e. The van der Waals surface area contributed by atoms with Crippen molar-refractivity contribution in [3.05, 3.63) is 11.9 Å². The molecule has 0 aromatic heterocycles. The molecule has 0 aliphatic rings. The van der Waals surface area contributed by atoms with Crippen LogP contribution in [0.5, 0.6) is 0 Å². The summed E-state index contributed by atoms with van der Waals surface area (Å²) in [6.45, 7) is 2.13. The number of ether oxygens (including phenoxy) is 3. The van der Waals surface area contributed by atoms with Crippen molar-refractivity contribution in [2.75, 3.05) is 21.3 Å². The van der Waals surface area contributed by atoms with Gasteiger partial charge in [-0.2, -0.15) is 0 Å². The SMILES string of the molecule is CCC[SiH2]OC(OC)=C(OC)OC. The lowest BCUT2D eigenvalue weighted by atomic mass is 10.6. The van der Waals surface area contributed by atoms with Gasteiger partial charge in [0.05, 0.1) is 21.3 Å². The van der Waals surface area contributed by atoms with Crippen LogP contribution in [0.25, 0.3) is 0 Å². The lowest BCUT2D eigenvalue weighted by Gasteiger charge is -2.11. The second-order valence-electron chi connectivity index (χ2n) is 2.39. The first-order chi connectivity index (χ1) is 6.29. The Hall–Kier alpha value is -0.843. The first-order valence-electron chi connectivity index (χ1n) is 4.29. The third-order valence-corrected chi connectivity index (χ3v) is 2.92. The fraction of sp³-hybridized carbons (Fsp3) is 0.750. The Morgan fingerprint density at radius 3 is 1.92 bits per heavy atom. The summed E-state index contributed by atoms with van der Waals surface area (Å²) in [6, 6.07) is 1.12. The Morgan fingerprint density at radius 2 is 1.54 bits per heavy atom. The van der Waals surface area contributed by atoms with Crippen molar-refractivity contribution >= 4 is 9.76 Å². The summed E-state index contributed by atoms with van der Waals surface area (Å²) in [5.41, 5.74) is 0. The predicted molar refractivity (Wildman–Crippen MR) is 52.8 cm³/mol. The number of hydrogen-bond acceptors (Lipinski definition) is 4. The molecule has 0 N–H and O–H groups in total. The van der Waals surface area contributed by atoms with Crippen molar-refractivity contribution in [3.8, 4) is 0 Å². The van der Waals surface area contributed by atoms with Crippen molar-refractivity contribution in [2.45, 2.75) is 19.4 Å². The summed E-state index contributed by atoms with van der Waals surface area (Å²) in [7, 11) is 4.02. The van der Waals surface area contributed by atoms with Crippen LogP contribution in [0.4, 0.5) is 0 Å². The van der Waals surface area contributed by atoms with Crippen LogP contribution in [-0.4, -0.2) is 31.1 Å². The van der Waals surface area contributed by atoms with E-state index in [0.29, 0.717) is 11.9 Å². The Morgan fingerprint density at radius 1 is 1.00 bits per heavy atom. The molecule has 0 saturated heterocycles. The predicted octanol–water partition coefficient (Wildman–Crippen LogP) is 0.981. The zero-order chi connectivity index (χ0) is 10.1. The van der Waals surface area contributed by atoms with Crippen LogP contribution >= 0.6 is 0 Å². The number of methoxy groups -OCH3 is 3. The minimum atomic E-state index is -0.551. The van der Waals surface area contributed by atoms with Crippen LogP contribution in [0.2, 0.25) is 6.04 Å². The minimum Gasteiger partial charge on any atom is -0.520 e. The molecule has 0 fully saturated rings. The summed E-state index contributed by atoms with van der Waals surface area (Å²) in [5.74, 6) is 0.649. The molecule has 0 aromatic rings. The average Bonchev–Trinajstić information content (AvgIpc) is 2.17. The van der Waals surface area contributed by atoms with E-state index in [-0.39, 0.29) is 0 Å². The highest BCUT2D eigenvalue weighted by atomic mass is 28.2. The second-order valence-corrected chi connectivity index (χ2v) is 3.79. The molecule has 0 bridgehead atoms. The average molecular weight is 206 g/mol. The Kier molecular flexibility index (Phi) is 7.28. The van der Waals surface area contributed by atoms with Gasteiger partial charge in [-0.15, -0.1) is 0 Å². The lowest BCUT2D eigenvalue weighted by Crippen LogP contribution is -2.06. The highest BCUT2D eigenvalue weighted by Gasteiger charge is 2.09. The topological polar surface area (TPSA) is 36.9 Å². The molecule has 4 nitrogen and oxygen atoms in total. The molecule has 0 unspecified atom stereocenters. The highest BCUT2D eigenvalue weighted by Crippen LogP contribution is 2.08. The fourth-order valence-electron chi connectivity index (χ4n) is 0.760. The standard InChI is InChI=1S/C8H18O4Si/c1-5-6-13-12-8(11-4)7(9-2)10-3/h5-6,13H2,1-4H3. The third-order valence-electron chi connectivity index (χ3n) is 1.45. The van der Waals surface area contributed by atoms with Crippen molar-refractivity contribution in [1.29, 1.82) is 0 Å². The van der Waals surface area contributed by atoms with Crippen LogP contribution in [0.3, 0.4) is 0 Å². The smallest absolute Gasteiger partial charge is 0.362 e. The van der Waals surface area contributed by atoms with E-state index in [1.54, 1.807) is 0 Å². The Balaban J connectivity index is 4.04. The van der Waals surface area contributed by atoms with Gasteiger partial charge in [0.2, 0.25) is 9.76 Å². The largest absolute Gasteiger partial charge is 0.520 e. The third kappa shape index (κ3) is 4.67. The summed E-state index contributed by atoms with van der Waals surface area (Å²) in [4.78, 5) is 0. The highest BCUT2D eigenvalue weighted by molar-refractivity contribution is 6.27. The van der Waals surface area contributed by atoms with E-state index in [4.69, 9.17) is 18.6 Å². The molecule has 13 heavy (non-hydrogen) atoms. The van der Waals surface area contributed by atoms with Gasteiger partial charge in [0.1, 0.15) is 0 Å². The van der Waals surface area contributed by atoms with Gasteiger partial charge in [0.15, 0.2) is 0 Å². The van der Waals surface area contributed by atoms with Gasteiger partial charge in [-0.25, -0.2) is 0 Å². The minimum absolute atomic E-state index is 0.297. The Labute approximate surface area is 81.8 Å². The van der Waals surface area contributed by atoms with Gasteiger partial charge in [0, 0.05) is 0 Å². The van der Waals surface area contributed by atoms with Crippen LogP contribution in [0.15, 0.2) is 11.9 Å². The van der Waals surface area contributed by atoms with Crippen molar-refractivity contribution in [3.63, 3.8) is 0 Å². The van der Waals surface area contributed by atoms with E-state index in [1.165, 1.54) is 21.3 Å². The molecule has 78 valence electrons. The lowest BCUT2D eigenvalue weighted by molar-refractivity contribution is 0.0310. The molecular weight excluding hydrogens is 188 g/mol. The summed E-state index contributed by atoms with van der Waals surface area (Å²) >= 11 is 0. The van der Waals surface area contributed by atoms with E-state index in [1.807, 2.05) is 0 Å². The number of hydrogen-bond donors (Lipinski definition) is 0. The quantitative estimate of drug-likeness (QED) is 0.353. The first kappa shape index (κ1) is 12.2. The van der Waals surface area contributed by atoms with Crippen LogP contribution in [0.1, 0.15) is 13.3 Å². The van der Waals surface area contributed by atoms with E-state index < -0.39 is 9.76 Å². The molecule has 0 aliphatic heterocycles. The molecule has 0 spiro atoms. The maximum absolute atomic E-state index is 5.42. The molecule has 5 heteroatoms. The zero-order valence-electron chi connectivity index (χ0n) is 8.75. The molecule has 0 aromatic carbocycles. The van der Waals surface area contributed by atoms with Gasteiger partial charge in [-0.1, -0.05) is 13.3 Å². The number of rotatable bonds is 7. The summed E-state index contributed by atoms with van der Waals surface area (Å²) in [5, 5.41) is 0. The molecule has 0 radical (unpaired) electrons. The van der Waals surface area contributed by atoms with Crippen LogP contribution in [-0.2, 0) is 18.6 Å². The second kappa shape index (κ2) is 7.79. The Bertz CT molecular complexity index is 152. The molecule has 0 saturated carbocycles. The van der Waals surface area contributed by atoms with Crippen molar-refractivity contribution < 1.29 is 18.6 Å². The van der Waals surface area contributed by atoms with Crippen LogP contribution < -0.4 is 0 Å². The van der Waals surface area contributed by atoms with Gasteiger partial charge in [-0.05, 0) is 6.04 Å². The normalized spacial score (nSPS) is 9.85. The van der Waals surface area contributed by atoms with E-state index in [0.717, 1.165) is 12.5 Å². The molecule has 0 atom stereocenters. The molecule has 0 aliphatic carbocycles. The molecule has 0 amide bonds. The zero-order valence-corrected chi connectivity index (χ0v) is 10.2. The van der Waals surface area contributed by atoms with Gasteiger partial charge in [-0.3, -0.25) is 0 Å². The van der Waals surface area contributed by atoms with Crippen molar-refractivity contribution in [2.24, 2.45) is 0 Å². The van der Waals surface area contributed by atoms with Gasteiger partial charge >= 0.3 is 11.9 Å². The van der Waals surface area contributed by atoms with Crippen molar-refractivity contribution in [1.82, 2.24) is 0 Å². The van der Waals surface area contributed by atoms with Crippen LogP contribution in [0, 0.1) is 0 Å². The maximum atomic E-state index is 5.42. The van der Waals surface area contributed by atoms with E-state index in [2.05, 4.69) is 6.92 Å². The monoisotopic (exact) mass is 206 g/mol. The summed E-state index contributed by atoms with van der Waals surface area (Å²) < 4.78 is 20.2. The van der Waals surface area contributed by atoms with Gasteiger partial charge in [0.25, 0.3) is 0 Å². The molecular formula is C8H18O4Si. The summed E-state index contributed by atoms with van der Waals surface area (Å²) in [6.07, 6.45) is 1.14. The molecule has 0 rings (SSSR count). The van der Waals surface area contributed by atoms with E-state index >= 15 is 0 Å². The van der Waals surface area contributed by atoms with Gasteiger partial charge < -0.3 is 18.6 Å². The van der Waals surface area contributed by atoms with E-state index in [9.17, 15) is 0 Å². The fourth-order valence-corrected chi connectivity index (χ4v) is 1.61.